The van der Waals surface area contributed by atoms with Crippen molar-refractivity contribution < 1.29 is 4.79 Å². The summed E-state index contributed by atoms with van der Waals surface area (Å²) < 4.78 is 0.981. The van der Waals surface area contributed by atoms with E-state index in [0.717, 1.165) is 15.7 Å². The molecule has 0 aromatic heterocycles. The predicted octanol–water partition coefficient (Wildman–Crippen LogP) is 5.71. The molecule has 110 valence electrons. The van der Waals surface area contributed by atoms with Crippen LogP contribution < -0.4 is 5.32 Å². The molecule has 0 aliphatic rings. The van der Waals surface area contributed by atoms with Crippen molar-refractivity contribution in [2.24, 2.45) is 0 Å². The van der Waals surface area contributed by atoms with E-state index in [9.17, 15) is 4.79 Å². The van der Waals surface area contributed by atoms with Crippen molar-refractivity contribution in [3.8, 4) is 0 Å². The van der Waals surface area contributed by atoms with Crippen molar-refractivity contribution in [2.75, 3.05) is 5.32 Å². The van der Waals surface area contributed by atoms with Crippen molar-refractivity contribution in [1.29, 1.82) is 0 Å². The molecule has 0 saturated heterocycles. The van der Waals surface area contributed by atoms with Crippen molar-refractivity contribution in [3.05, 3.63) is 62.2 Å². The SMILES string of the molecule is CC[C@@H](C)c1ccc(NC(=O)c2cc(I)ccc2Cl)cc1. The summed E-state index contributed by atoms with van der Waals surface area (Å²) in [6.45, 7) is 4.36. The molecule has 1 N–H and O–H groups in total. The predicted molar refractivity (Wildman–Crippen MR) is 97.3 cm³/mol. The lowest BCUT2D eigenvalue weighted by Gasteiger charge is -2.11. The number of halogens is 2. The summed E-state index contributed by atoms with van der Waals surface area (Å²) in [5, 5.41) is 3.35. The highest BCUT2D eigenvalue weighted by Gasteiger charge is 2.11. The van der Waals surface area contributed by atoms with Gasteiger partial charge in [-0.15, -0.1) is 0 Å². The number of hydrogen-bond donors (Lipinski definition) is 1. The lowest BCUT2D eigenvalue weighted by molar-refractivity contribution is 0.102. The summed E-state index contributed by atoms with van der Waals surface area (Å²) in [6, 6.07) is 13.4. The van der Waals surface area contributed by atoms with E-state index in [1.807, 2.05) is 18.2 Å². The van der Waals surface area contributed by atoms with E-state index in [0.29, 0.717) is 16.5 Å². The molecule has 0 radical (unpaired) electrons. The van der Waals surface area contributed by atoms with Crippen LogP contribution in [-0.2, 0) is 0 Å². The maximum Gasteiger partial charge on any atom is 0.257 e. The zero-order valence-electron chi connectivity index (χ0n) is 12.0. The van der Waals surface area contributed by atoms with Crippen LogP contribution in [0.3, 0.4) is 0 Å². The fourth-order valence-electron chi connectivity index (χ4n) is 2.00. The summed E-state index contributed by atoms with van der Waals surface area (Å²) in [5.74, 6) is 0.342. The number of hydrogen-bond acceptors (Lipinski definition) is 1. The van der Waals surface area contributed by atoms with Gasteiger partial charge in [-0.25, -0.2) is 0 Å². The molecular formula is C17H17ClINO. The number of benzene rings is 2. The van der Waals surface area contributed by atoms with Gasteiger partial charge in [-0.1, -0.05) is 37.6 Å². The minimum Gasteiger partial charge on any atom is -0.322 e. The molecule has 0 aliphatic carbocycles. The molecule has 2 aromatic carbocycles. The molecule has 0 aliphatic heterocycles. The molecule has 21 heavy (non-hydrogen) atoms. The average molecular weight is 414 g/mol. The Kier molecular flexibility index (Phi) is 5.65. The van der Waals surface area contributed by atoms with Gasteiger partial charge in [0.25, 0.3) is 5.91 Å². The molecule has 0 fully saturated rings. The van der Waals surface area contributed by atoms with Crippen LogP contribution in [0.15, 0.2) is 42.5 Å². The van der Waals surface area contributed by atoms with Crippen LogP contribution >= 0.6 is 34.2 Å². The van der Waals surface area contributed by atoms with Crippen LogP contribution in [-0.4, -0.2) is 5.91 Å². The van der Waals surface area contributed by atoms with E-state index in [-0.39, 0.29) is 5.91 Å². The summed E-state index contributed by atoms with van der Waals surface area (Å²) >= 11 is 8.24. The van der Waals surface area contributed by atoms with Gasteiger partial charge in [0.15, 0.2) is 0 Å². The zero-order valence-corrected chi connectivity index (χ0v) is 14.9. The Morgan fingerprint density at radius 2 is 1.90 bits per heavy atom. The number of nitrogens with one attached hydrogen (secondary N) is 1. The first-order valence-corrected chi connectivity index (χ1v) is 8.33. The highest BCUT2D eigenvalue weighted by Crippen LogP contribution is 2.23. The Balaban J connectivity index is 2.14. The van der Waals surface area contributed by atoms with Crippen LogP contribution in [0.2, 0.25) is 5.02 Å². The maximum absolute atomic E-state index is 12.3. The largest absolute Gasteiger partial charge is 0.322 e. The van der Waals surface area contributed by atoms with Crippen molar-refractivity contribution in [3.63, 3.8) is 0 Å². The summed E-state index contributed by atoms with van der Waals surface area (Å²) in [5.41, 5.74) is 2.55. The van der Waals surface area contributed by atoms with Gasteiger partial charge in [-0.3, -0.25) is 4.79 Å². The Hall–Kier alpha value is -1.07. The lowest BCUT2D eigenvalue weighted by atomic mass is 9.98. The van der Waals surface area contributed by atoms with Crippen LogP contribution in [0, 0.1) is 3.57 Å². The molecule has 0 spiro atoms. The molecule has 2 nitrogen and oxygen atoms in total. The van der Waals surface area contributed by atoms with Crippen LogP contribution in [0.5, 0.6) is 0 Å². The van der Waals surface area contributed by atoms with Gasteiger partial charge in [-0.2, -0.15) is 0 Å². The first kappa shape index (κ1) is 16.3. The third-order valence-electron chi connectivity index (χ3n) is 3.52. The Labute approximate surface area is 144 Å². The van der Waals surface area contributed by atoms with Gasteiger partial charge < -0.3 is 5.32 Å². The summed E-state index contributed by atoms with van der Waals surface area (Å²) in [6.07, 6.45) is 1.10. The molecule has 4 heteroatoms. The number of carbonyl (C=O) groups excluding carboxylic acids is 1. The maximum atomic E-state index is 12.3. The molecule has 1 amide bonds. The minimum absolute atomic E-state index is 0.185. The molecule has 2 rings (SSSR count). The molecule has 0 bridgehead atoms. The third-order valence-corrected chi connectivity index (χ3v) is 4.52. The molecular weight excluding hydrogens is 397 g/mol. The fraction of sp³-hybridized carbons (Fsp3) is 0.235. The standard InChI is InChI=1S/C17H17ClINO/c1-3-11(2)12-4-7-14(8-5-12)20-17(21)15-10-13(19)6-9-16(15)18/h4-11H,3H2,1-2H3,(H,20,21)/t11-/m1/s1. The van der Waals surface area contributed by atoms with Crippen molar-refractivity contribution >= 4 is 45.8 Å². The number of amides is 1. The normalized spacial score (nSPS) is 12.0. The van der Waals surface area contributed by atoms with Gasteiger partial charge >= 0.3 is 0 Å². The highest BCUT2D eigenvalue weighted by molar-refractivity contribution is 14.1. The quantitative estimate of drug-likeness (QED) is 0.639. The van der Waals surface area contributed by atoms with Gasteiger partial charge in [0.1, 0.15) is 0 Å². The second-order valence-corrected chi connectivity index (χ2v) is 6.66. The number of carbonyl (C=O) groups is 1. The molecule has 0 saturated carbocycles. The van der Waals surface area contributed by atoms with E-state index in [1.165, 1.54) is 5.56 Å². The van der Waals surface area contributed by atoms with Gasteiger partial charge in [-0.05, 0) is 70.8 Å². The fourth-order valence-corrected chi connectivity index (χ4v) is 2.70. The second kappa shape index (κ2) is 7.27. The number of anilines is 1. The van der Waals surface area contributed by atoms with Crippen LogP contribution in [0.4, 0.5) is 5.69 Å². The average Bonchev–Trinajstić information content (AvgIpc) is 2.49. The number of rotatable bonds is 4. The van der Waals surface area contributed by atoms with Gasteiger partial charge in [0.2, 0.25) is 0 Å². The first-order chi connectivity index (χ1) is 10.0. The molecule has 1 atom stereocenters. The van der Waals surface area contributed by atoms with Gasteiger partial charge in [0, 0.05) is 9.26 Å². The third kappa shape index (κ3) is 4.20. The Bertz CT molecular complexity index is 640. The van der Waals surface area contributed by atoms with E-state index >= 15 is 0 Å². The van der Waals surface area contributed by atoms with E-state index in [2.05, 4.69) is 53.9 Å². The summed E-state index contributed by atoms with van der Waals surface area (Å²) in [4.78, 5) is 12.3. The summed E-state index contributed by atoms with van der Waals surface area (Å²) in [7, 11) is 0. The zero-order chi connectivity index (χ0) is 15.4. The minimum atomic E-state index is -0.185. The van der Waals surface area contributed by atoms with E-state index in [1.54, 1.807) is 12.1 Å². The Morgan fingerprint density at radius 3 is 2.52 bits per heavy atom. The topological polar surface area (TPSA) is 29.1 Å². The second-order valence-electron chi connectivity index (χ2n) is 5.01. The van der Waals surface area contributed by atoms with E-state index < -0.39 is 0 Å². The van der Waals surface area contributed by atoms with Crippen molar-refractivity contribution in [2.45, 2.75) is 26.2 Å². The van der Waals surface area contributed by atoms with Gasteiger partial charge in [0.05, 0.1) is 10.6 Å². The smallest absolute Gasteiger partial charge is 0.257 e. The van der Waals surface area contributed by atoms with Crippen LogP contribution in [0.1, 0.15) is 42.1 Å². The Morgan fingerprint density at radius 1 is 1.24 bits per heavy atom. The molecule has 0 unspecified atom stereocenters. The molecule has 2 aromatic rings. The monoisotopic (exact) mass is 413 g/mol. The molecule has 0 heterocycles. The highest BCUT2D eigenvalue weighted by atomic mass is 127. The van der Waals surface area contributed by atoms with Crippen molar-refractivity contribution in [1.82, 2.24) is 0 Å². The van der Waals surface area contributed by atoms with E-state index in [4.69, 9.17) is 11.6 Å². The first-order valence-electron chi connectivity index (χ1n) is 6.87. The lowest BCUT2D eigenvalue weighted by Crippen LogP contribution is -2.12. The van der Waals surface area contributed by atoms with Crippen LogP contribution in [0.25, 0.3) is 0 Å².